The first-order valence-electron chi connectivity index (χ1n) is 14.4. The third kappa shape index (κ3) is 6.33. The van der Waals surface area contributed by atoms with Gasteiger partial charge in [0, 0.05) is 30.4 Å². The Labute approximate surface area is 265 Å². The first-order chi connectivity index (χ1) is 22.6. The van der Waals surface area contributed by atoms with Crippen LogP contribution in [0.1, 0.15) is 52.1 Å². The Morgan fingerprint density at radius 3 is 2.45 bits per heavy atom. The molecule has 6 rings (SSSR count). The maximum absolute atomic E-state index is 15.6. The molecule has 0 N–H and O–H groups in total. The highest BCUT2D eigenvalue weighted by molar-refractivity contribution is 5.93. The molecule has 0 amide bonds. The number of carbonyl (C=O) groups excluding carboxylic acids is 1. The molecule has 1 fully saturated rings. The topological polar surface area (TPSA) is 127 Å². The van der Waals surface area contributed by atoms with E-state index in [9.17, 15) is 18.8 Å². The number of nitriles is 2. The fourth-order valence-corrected chi connectivity index (χ4v) is 5.33. The molecular weight excluding hydrogens is 616 g/mol. The van der Waals surface area contributed by atoms with Crippen LogP contribution in [0.5, 0.6) is 5.88 Å². The first-order valence-corrected chi connectivity index (χ1v) is 14.4. The van der Waals surface area contributed by atoms with E-state index >= 15 is 8.78 Å². The molecule has 0 atom stereocenters. The van der Waals surface area contributed by atoms with Gasteiger partial charge in [0.15, 0.2) is 5.82 Å². The van der Waals surface area contributed by atoms with Crippen LogP contribution in [0.25, 0.3) is 22.4 Å². The third-order valence-electron chi connectivity index (χ3n) is 8.14. The van der Waals surface area contributed by atoms with E-state index in [0.29, 0.717) is 35.4 Å². The minimum atomic E-state index is -1.00. The molecule has 47 heavy (non-hydrogen) atoms. The Morgan fingerprint density at radius 1 is 0.957 bits per heavy atom. The summed E-state index contributed by atoms with van der Waals surface area (Å²) < 4.78 is 71.9. The molecule has 1 saturated carbocycles. The summed E-state index contributed by atoms with van der Waals surface area (Å²) in [6, 6.07) is 14.4. The lowest BCUT2D eigenvalue weighted by Crippen LogP contribution is -2.15. The molecule has 2 heterocycles. The minimum absolute atomic E-state index is 0.0258. The van der Waals surface area contributed by atoms with Gasteiger partial charge in [0.2, 0.25) is 5.82 Å². The van der Waals surface area contributed by atoms with Gasteiger partial charge in [-0.25, -0.2) is 27.9 Å². The van der Waals surface area contributed by atoms with Crippen LogP contribution < -0.4 is 4.74 Å². The van der Waals surface area contributed by atoms with Crippen LogP contribution in [0.2, 0.25) is 0 Å². The lowest BCUT2D eigenvalue weighted by Gasteiger charge is -2.16. The van der Waals surface area contributed by atoms with Crippen LogP contribution in [-0.2, 0) is 24.3 Å². The van der Waals surface area contributed by atoms with E-state index in [-0.39, 0.29) is 39.9 Å². The van der Waals surface area contributed by atoms with Crippen molar-refractivity contribution < 1.29 is 31.8 Å². The number of esters is 1. The molecule has 1 aliphatic rings. The Bertz CT molecular complexity index is 2130. The van der Waals surface area contributed by atoms with Gasteiger partial charge in [-0.1, -0.05) is 6.07 Å². The Morgan fingerprint density at radius 2 is 1.74 bits per heavy atom. The second kappa shape index (κ2) is 12.5. The Hall–Kier alpha value is -5.82. The molecule has 0 unspecified atom stereocenters. The zero-order valence-electron chi connectivity index (χ0n) is 24.9. The summed E-state index contributed by atoms with van der Waals surface area (Å²) in [5.74, 6) is -4.54. The number of aromatic nitrogens is 4. The van der Waals surface area contributed by atoms with Gasteiger partial charge in [-0.05, 0) is 60.9 Å². The van der Waals surface area contributed by atoms with Crippen molar-refractivity contribution >= 4 is 17.0 Å². The summed E-state index contributed by atoms with van der Waals surface area (Å²) in [5, 5.41) is 18.3. The number of hydrogen-bond acceptors (Lipinski definition) is 8. The number of carbonyl (C=O) groups is 1. The molecule has 1 aliphatic carbocycles. The van der Waals surface area contributed by atoms with Gasteiger partial charge < -0.3 is 14.0 Å². The molecule has 5 aromatic rings. The molecule has 3 aromatic carbocycles. The summed E-state index contributed by atoms with van der Waals surface area (Å²) in [4.78, 5) is 24.6. The first kappa shape index (κ1) is 31.2. The van der Waals surface area contributed by atoms with Crippen molar-refractivity contribution in [1.82, 2.24) is 19.5 Å². The average Bonchev–Trinajstić information content (AvgIpc) is 3.75. The molecule has 0 bridgehead atoms. The molecule has 0 saturated heterocycles. The van der Waals surface area contributed by atoms with Crippen molar-refractivity contribution in [2.75, 3.05) is 7.11 Å². The van der Waals surface area contributed by atoms with Crippen LogP contribution >= 0.6 is 0 Å². The number of imidazole rings is 1. The predicted octanol–water partition coefficient (Wildman–Crippen LogP) is 6.57. The molecular formula is C34H24F4N6O3. The zero-order chi connectivity index (χ0) is 33.3. The maximum Gasteiger partial charge on any atom is 0.337 e. The fraction of sp³-hybridized carbons (Fsp3) is 0.235. The minimum Gasteiger partial charge on any atom is -0.471 e. The van der Waals surface area contributed by atoms with Crippen LogP contribution in [0.4, 0.5) is 17.6 Å². The van der Waals surface area contributed by atoms with Gasteiger partial charge in [-0.15, -0.1) is 0 Å². The lowest BCUT2D eigenvalue weighted by molar-refractivity contribution is 0.0601. The molecule has 9 nitrogen and oxygen atoms in total. The van der Waals surface area contributed by atoms with Crippen molar-refractivity contribution in [3.8, 4) is 29.4 Å². The largest absolute Gasteiger partial charge is 0.471 e. The van der Waals surface area contributed by atoms with Crippen LogP contribution in [0.15, 0.2) is 54.7 Å². The average molecular weight is 641 g/mol. The smallest absolute Gasteiger partial charge is 0.337 e. The van der Waals surface area contributed by atoms with Gasteiger partial charge in [-0.3, -0.25) is 0 Å². The highest BCUT2D eigenvalue weighted by Crippen LogP contribution is 2.50. The summed E-state index contributed by atoms with van der Waals surface area (Å²) in [6.45, 7) is -0.0454. The number of rotatable bonds is 10. The van der Waals surface area contributed by atoms with Crippen molar-refractivity contribution in [2.24, 2.45) is 5.41 Å². The lowest BCUT2D eigenvalue weighted by atomic mass is 10.0. The van der Waals surface area contributed by atoms with Gasteiger partial charge >= 0.3 is 5.97 Å². The molecule has 0 radical (unpaired) electrons. The summed E-state index contributed by atoms with van der Waals surface area (Å²) >= 11 is 0. The summed E-state index contributed by atoms with van der Waals surface area (Å²) in [6.07, 6.45) is 2.56. The van der Waals surface area contributed by atoms with E-state index in [1.807, 2.05) is 4.57 Å². The van der Waals surface area contributed by atoms with E-state index in [1.165, 1.54) is 19.2 Å². The predicted molar refractivity (Wildman–Crippen MR) is 159 cm³/mol. The number of fused-ring (bicyclic) bond motifs is 1. The molecule has 2 aromatic heterocycles. The summed E-state index contributed by atoms with van der Waals surface area (Å²) in [5.41, 5.74) is 0.876. The fourth-order valence-electron chi connectivity index (χ4n) is 5.33. The van der Waals surface area contributed by atoms with Crippen LogP contribution in [-0.4, -0.2) is 32.6 Å². The van der Waals surface area contributed by atoms with E-state index in [1.54, 1.807) is 24.3 Å². The van der Waals surface area contributed by atoms with E-state index < -0.39 is 41.7 Å². The number of methoxy groups -OCH3 is 1. The molecule has 0 aliphatic heterocycles. The number of hydrogen-bond donors (Lipinski definition) is 0. The quantitative estimate of drug-likeness (QED) is 0.124. The highest BCUT2D eigenvalue weighted by atomic mass is 19.1. The number of nitrogens with zero attached hydrogens (tertiary/aromatic N) is 6. The third-order valence-corrected chi connectivity index (χ3v) is 8.14. The van der Waals surface area contributed by atoms with Crippen molar-refractivity contribution in [1.29, 1.82) is 10.5 Å². The zero-order valence-corrected chi connectivity index (χ0v) is 24.9. The second-order valence-corrected chi connectivity index (χ2v) is 11.3. The summed E-state index contributed by atoms with van der Waals surface area (Å²) in [7, 11) is 1.27. The van der Waals surface area contributed by atoms with Crippen LogP contribution in [0.3, 0.4) is 0 Å². The standard InChI is InChI=1S/C34H24F4N6O3/c1-46-33(45)20-4-5-28-29(12-20)44(18-34(6-7-34)8-9-39)30(42-28)13-22-11-26(37)23(14-25(22)36)31-41-16-27(38)32(43-31)47-17-21-3-2-19(15-40)10-24(21)35/h2-5,10-12,14,16H,6-8,13,17-18H2,1H3. The number of benzene rings is 3. The monoisotopic (exact) mass is 640 g/mol. The van der Waals surface area contributed by atoms with E-state index in [4.69, 9.17) is 14.7 Å². The van der Waals surface area contributed by atoms with Gasteiger partial charge in [0.25, 0.3) is 5.88 Å². The van der Waals surface area contributed by atoms with E-state index in [2.05, 4.69) is 21.0 Å². The van der Waals surface area contributed by atoms with Gasteiger partial charge in [-0.2, -0.15) is 19.9 Å². The second-order valence-electron chi connectivity index (χ2n) is 11.3. The number of halogens is 4. The SMILES string of the molecule is COC(=O)c1ccc2nc(Cc3cc(F)c(-c4ncc(F)c(OCc5ccc(C#N)cc5F)n4)cc3F)n(CC3(CC#N)CC3)c2c1. The molecule has 13 heteroatoms. The van der Waals surface area contributed by atoms with Crippen LogP contribution in [0, 0.1) is 51.3 Å². The van der Waals surface area contributed by atoms with Gasteiger partial charge in [0.1, 0.15) is 29.9 Å². The maximum atomic E-state index is 15.6. The Balaban J connectivity index is 1.30. The Kier molecular flexibility index (Phi) is 8.31. The number of ether oxygens (including phenoxy) is 2. The molecule has 0 spiro atoms. The normalized spacial score (nSPS) is 13.2. The molecule has 236 valence electrons. The highest BCUT2D eigenvalue weighted by Gasteiger charge is 2.43. The van der Waals surface area contributed by atoms with E-state index in [0.717, 1.165) is 37.2 Å². The van der Waals surface area contributed by atoms with Crippen molar-refractivity contribution in [3.63, 3.8) is 0 Å². The van der Waals surface area contributed by atoms with Crippen molar-refractivity contribution in [2.45, 2.75) is 38.8 Å². The van der Waals surface area contributed by atoms with Gasteiger partial charge in [0.05, 0.1) is 53.2 Å². The van der Waals surface area contributed by atoms with Crippen molar-refractivity contribution in [3.05, 3.63) is 106 Å².